The number of carbonyl (C=O) groups is 1. The third-order valence-electron chi connectivity index (χ3n) is 4.02. The average Bonchev–Trinajstić information content (AvgIpc) is 2.55. The molecular weight excluding hydrogens is 314 g/mol. The number of nitrogens with zero attached hydrogens (tertiary/aromatic N) is 1. The predicted octanol–water partition coefficient (Wildman–Crippen LogP) is 1.04. The second kappa shape index (κ2) is 6.55. The average molecular weight is 333 g/mol. The van der Waals surface area contributed by atoms with E-state index < -0.39 is 0 Å². The molecule has 7 heteroatoms. The van der Waals surface area contributed by atoms with E-state index in [1.807, 2.05) is 6.92 Å². The van der Waals surface area contributed by atoms with E-state index in [1.54, 1.807) is 29.2 Å². The minimum absolute atomic E-state index is 0.0219. The number of phenols is 1. The molecule has 1 aromatic rings. The maximum absolute atomic E-state index is 13.0. The molecule has 1 saturated heterocycles. The van der Waals surface area contributed by atoms with Gasteiger partial charge in [0.1, 0.15) is 5.75 Å². The lowest BCUT2D eigenvalue weighted by Gasteiger charge is -2.34. The second-order valence-corrected chi connectivity index (χ2v) is 5.97. The molecule has 2 aliphatic rings. The highest BCUT2D eigenvalue weighted by molar-refractivity contribution is 7.80. The fourth-order valence-corrected chi connectivity index (χ4v) is 3.10. The van der Waals surface area contributed by atoms with Crippen molar-refractivity contribution in [2.24, 2.45) is 0 Å². The highest BCUT2D eigenvalue weighted by Gasteiger charge is 2.32. The van der Waals surface area contributed by atoms with Crippen LogP contribution >= 0.6 is 12.2 Å². The number of rotatable bonds is 2. The Kier molecular flexibility index (Phi) is 4.49. The van der Waals surface area contributed by atoms with Gasteiger partial charge in [-0.3, -0.25) is 4.79 Å². The van der Waals surface area contributed by atoms with Crippen molar-refractivity contribution in [1.82, 2.24) is 15.5 Å². The van der Waals surface area contributed by atoms with Gasteiger partial charge in [-0.25, -0.2) is 0 Å². The van der Waals surface area contributed by atoms with Crippen molar-refractivity contribution in [3.05, 3.63) is 41.1 Å². The summed E-state index contributed by atoms with van der Waals surface area (Å²) in [4.78, 5) is 14.8. The third-order valence-corrected chi connectivity index (χ3v) is 4.24. The molecule has 2 aliphatic heterocycles. The summed E-state index contributed by atoms with van der Waals surface area (Å²) in [5.41, 5.74) is 2.28. The second-order valence-electron chi connectivity index (χ2n) is 5.57. The molecule has 1 fully saturated rings. The van der Waals surface area contributed by atoms with Gasteiger partial charge in [-0.2, -0.15) is 0 Å². The SMILES string of the molecule is CC1=C(C(=O)N2CCOCC2)[C@@H](c2ccc(O)cc2)NC(=S)N1. The Morgan fingerprint density at radius 2 is 1.96 bits per heavy atom. The molecule has 3 rings (SSSR count). The molecule has 23 heavy (non-hydrogen) atoms. The van der Waals surface area contributed by atoms with Crippen molar-refractivity contribution in [2.45, 2.75) is 13.0 Å². The third kappa shape index (κ3) is 3.30. The van der Waals surface area contributed by atoms with Crippen molar-refractivity contribution in [1.29, 1.82) is 0 Å². The molecule has 1 atom stereocenters. The van der Waals surface area contributed by atoms with E-state index in [4.69, 9.17) is 17.0 Å². The lowest BCUT2D eigenvalue weighted by atomic mass is 9.94. The fraction of sp³-hybridized carbons (Fsp3) is 0.375. The molecule has 0 unspecified atom stereocenters. The quantitative estimate of drug-likeness (QED) is 0.703. The molecule has 2 heterocycles. The van der Waals surface area contributed by atoms with Gasteiger partial charge >= 0.3 is 0 Å². The molecule has 0 aliphatic carbocycles. The lowest BCUT2D eigenvalue weighted by molar-refractivity contribution is -0.131. The number of allylic oxidation sites excluding steroid dienone is 1. The van der Waals surface area contributed by atoms with E-state index in [-0.39, 0.29) is 17.7 Å². The summed E-state index contributed by atoms with van der Waals surface area (Å²) >= 11 is 5.23. The summed E-state index contributed by atoms with van der Waals surface area (Å²) in [6.07, 6.45) is 0. The van der Waals surface area contributed by atoms with Crippen LogP contribution in [0.25, 0.3) is 0 Å². The van der Waals surface area contributed by atoms with Crippen LogP contribution in [0.4, 0.5) is 0 Å². The van der Waals surface area contributed by atoms with Gasteiger partial charge in [-0.05, 0) is 36.8 Å². The summed E-state index contributed by atoms with van der Waals surface area (Å²) in [6.45, 7) is 4.14. The van der Waals surface area contributed by atoms with Crippen LogP contribution in [0.2, 0.25) is 0 Å². The van der Waals surface area contributed by atoms with Gasteiger partial charge in [0.15, 0.2) is 5.11 Å². The van der Waals surface area contributed by atoms with Crippen LogP contribution in [0.5, 0.6) is 5.75 Å². The molecule has 6 nitrogen and oxygen atoms in total. The Balaban J connectivity index is 1.95. The number of aromatic hydroxyl groups is 1. The maximum Gasteiger partial charge on any atom is 0.254 e. The number of hydrogen-bond donors (Lipinski definition) is 3. The maximum atomic E-state index is 13.0. The Bertz CT molecular complexity index is 651. The summed E-state index contributed by atoms with van der Waals surface area (Å²) in [7, 11) is 0. The molecule has 0 saturated carbocycles. The lowest BCUT2D eigenvalue weighted by Crippen LogP contribution is -2.49. The first-order valence-electron chi connectivity index (χ1n) is 7.50. The number of phenolic OH excluding ortho intramolecular Hbond substituents is 1. The number of amides is 1. The summed E-state index contributed by atoms with van der Waals surface area (Å²) in [5, 5.41) is 16.2. The smallest absolute Gasteiger partial charge is 0.254 e. The molecule has 3 N–H and O–H groups in total. The zero-order valence-electron chi connectivity index (χ0n) is 12.8. The molecular formula is C16H19N3O3S. The topological polar surface area (TPSA) is 73.8 Å². The van der Waals surface area contributed by atoms with Crippen LogP contribution in [0, 0.1) is 0 Å². The first kappa shape index (κ1) is 15.8. The van der Waals surface area contributed by atoms with Crippen LogP contribution in [-0.2, 0) is 9.53 Å². The number of morpholine rings is 1. The Morgan fingerprint density at radius 1 is 1.30 bits per heavy atom. The standard InChI is InChI=1S/C16H19N3O3S/c1-10-13(15(21)19-6-8-22-9-7-19)14(18-16(23)17-10)11-2-4-12(20)5-3-11/h2-5,14,20H,6-9H2,1H3,(H2,17,18,23)/t14-/m1/s1. The number of carbonyl (C=O) groups excluding carboxylic acids is 1. The molecule has 0 aromatic heterocycles. The minimum Gasteiger partial charge on any atom is -0.508 e. The van der Waals surface area contributed by atoms with E-state index in [0.29, 0.717) is 37.0 Å². The van der Waals surface area contributed by atoms with Gasteiger partial charge in [-0.1, -0.05) is 12.1 Å². The van der Waals surface area contributed by atoms with E-state index >= 15 is 0 Å². The van der Waals surface area contributed by atoms with Gasteiger partial charge in [-0.15, -0.1) is 0 Å². The number of benzene rings is 1. The van der Waals surface area contributed by atoms with E-state index in [0.717, 1.165) is 11.3 Å². The zero-order valence-corrected chi connectivity index (χ0v) is 13.7. The van der Waals surface area contributed by atoms with Crippen LogP contribution in [0.3, 0.4) is 0 Å². The molecule has 0 spiro atoms. The van der Waals surface area contributed by atoms with Crippen molar-refractivity contribution < 1.29 is 14.6 Å². The largest absolute Gasteiger partial charge is 0.508 e. The minimum atomic E-state index is -0.334. The van der Waals surface area contributed by atoms with Crippen molar-refractivity contribution in [3.8, 4) is 5.75 Å². The predicted molar refractivity (Wildman–Crippen MR) is 89.8 cm³/mol. The van der Waals surface area contributed by atoms with Gasteiger partial charge in [0, 0.05) is 18.8 Å². The van der Waals surface area contributed by atoms with Crippen LogP contribution in [0.15, 0.2) is 35.5 Å². The summed E-state index contributed by atoms with van der Waals surface area (Å²) < 4.78 is 5.32. The Hall–Kier alpha value is -2.12. The molecule has 1 amide bonds. The number of hydrogen-bond acceptors (Lipinski definition) is 4. The van der Waals surface area contributed by atoms with Crippen LogP contribution in [-0.4, -0.2) is 47.3 Å². The van der Waals surface area contributed by atoms with E-state index in [9.17, 15) is 9.90 Å². The monoisotopic (exact) mass is 333 g/mol. The Labute approximate surface area is 140 Å². The van der Waals surface area contributed by atoms with Crippen LogP contribution < -0.4 is 10.6 Å². The molecule has 1 aromatic carbocycles. The number of thiocarbonyl (C=S) groups is 1. The zero-order chi connectivity index (χ0) is 16.4. The number of ether oxygens (including phenoxy) is 1. The molecule has 0 radical (unpaired) electrons. The normalized spacial score (nSPS) is 21.7. The fourth-order valence-electron chi connectivity index (χ4n) is 2.83. The summed E-state index contributed by atoms with van der Waals surface area (Å²) in [6, 6.07) is 6.46. The summed E-state index contributed by atoms with van der Waals surface area (Å²) in [5.74, 6) is 0.165. The highest BCUT2D eigenvalue weighted by Crippen LogP contribution is 2.29. The van der Waals surface area contributed by atoms with E-state index in [2.05, 4.69) is 10.6 Å². The molecule has 0 bridgehead atoms. The Morgan fingerprint density at radius 3 is 2.61 bits per heavy atom. The first-order chi connectivity index (χ1) is 11.1. The molecule has 122 valence electrons. The van der Waals surface area contributed by atoms with Crippen molar-refractivity contribution >= 4 is 23.2 Å². The van der Waals surface area contributed by atoms with Crippen LogP contribution in [0.1, 0.15) is 18.5 Å². The number of nitrogens with one attached hydrogen (secondary N) is 2. The highest BCUT2D eigenvalue weighted by atomic mass is 32.1. The first-order valence-corrected chi connectivity index (χ1v) is 7.91. The van der Waals surface area contributed by atoms with Gasteiger partial charge < -0.3 is 25.4 Å². The van der Waals surface area contributed by atoms with Gasteiger partial charge in [0.25, 0.3) is 5.91 Å². The van der Waals surface area contributed by atoms with Gasteiger partial charge in [0.2, 0.25) is 0 Å². The van der Waals surface area contributed by atoms with Gasteiger partial charge in [0.05, 0.1) is 24.8 Å². The van der Waals surface area contributed by atoms with E-state index in [1.165, 1.54) is 0 Å². The van der Waals surface area contributed by atoms with Crippen molar-refractivity contribution in [2.75, 3.05) is 26.3 Å². The van der Waals surface area contributed by atoms with Crippen molar-refractivity contribution in [3.63, 3.8) is 0 Å².